The van der Waals surface area contributed by atoms with E-state index in [1.807, 2.05) is 4.90 Å². The average Bonchev–Trinajstić information content (AvgIpc) is 3.02. The van der Waals surface area contributed by atoms with Crippen molar-refractivity contribution in [1.82, 2.24) is 14.8 Å². The normalized spacial score (nSPS) is 19.7. The molecule has 1 aromatic rings. The number of rotatable bonds is 3. The molecule has 0 aliphatic carbocycles. The van der Waals surface area contributed by atoms with Gasteiger partial charge in [0.25, 0.3) is 0 Å². The number of hydrogen-bond donors (Lipinski definition) is 1. The Bertz CT molecular complexity index is 465. The number of H-pyrrole nitrogens is 1. The number of halogens is 1. The predicted octanol–water partition coefficient (Wildman–Crippen LogP) is 2.15. The zero-order valence-electron chi connectivity index (χ0n) is 11.1. The fourth-order valence-corrected chi connectivity index (χ4v) is 3.54. The molecule has 3 rings (SSSR count). The topological polar surface area (TPSA) is 39.3 Å². The van der Waals surface area contributed by atoms with Gasteiger partial charge in [-0.3, -0.25) is 4.79 Å². The summed E-state index contributed by atoms with van der Waals surface area (Å²) in [5.41, 5.74) is 2.53. The van der Waals surface area contributed by atoms with Crippen LogP contribution in [0.2, 0.25) is 0 Å². The summed E-state index contributed by atoms with van der Waals surface area (Å²) in [7, 11) is 0. The Balaban J connectivity index is 1.53. The first-order valence-corrected chi connectivity index (χ1v) is 7.88. The number of nitrogens with zero attached hydrogens (tertiary/aromatic N) is 2. The van der Waals surface area contributed by atoms with Gasteiger partial charge in [-0.25, -0.2) is 0 Å². The van der Waals surface area contributed by atoms with Crippen molar-refractivity contribution < 1.29 is 4.79 Å². The van der Waals surface area contributed by atoms with Gasteiger partial charge < -0.3 is 14.8 Å². The van der Waals surface area contributed by atoms with Gasteiger partial charge in [-0.1, -0.05) is 0 Å². The fourth-order valence-electron chi connectivity index (χ4n) is 3.03. The van der Waals surface area contributed by atoms with Crippen molar-refractivity contribution in [3.05, 3.63) is 21.9 Å². The van der Waals surface area contributed by atoms with Crippen LogP contribution in [-0.2, 0) is 17.8 Å². The third kappa shape index (κ3) is 3.03. The molecule has 2 aliphatic rings. The molecule has 5 heteroatoms. The molecule has 2 aliphatic heterocycles. The SMILES string of the molecule is O=C(CCN1CCCC1)N1CCc2[nH]c(Br)cc2C1. The van der Waals surface area contributed by atoms with Crippen LogP contribution in [0.5, 0.6) is 0 Å². The summed E-state index contributed by atoms with van der Waals surface area (Å²) in [6, 6.07) is 2.09. The third-order valence-electron chi connectivity index (χ3n) is 4.15. The molecule has 4 nitrogen and oxygen atoms in total. The standard InChI is InChI=1S/C14H20BrN3O/c15-13-9-11-10-18(8-3-12(11)16-13)14(19)4-7-17-5-1-2-6-17/h9,16H,1-8,10H2. The zero-order chi connectivity index (χ0) is 13.2. The Labute approximate surface area is 122 Å². The summed E-state index contributed by atoms with van der Waals surface area (Å²) in [6.45, 7) is 4.87. The van der Waals surface area contributed by atoms with Crippen molar-refractivity contribution in [3.63, 3.8) is 0 Å². The molecule has 0 saturated carbocycles. The highest BCUT2D eigenvalue weighted by atomic mass is 79.9. The maximum absolute atomic E-state index is 12.2. The van der Waals surface area contributed by atoms with E-state index in [-0.39, 0.29) is 0 Å². The number of aromatic nitrogens is 1. The van der Waals surface area contributed by atoms with E-state index in [1.165, 1.54) is 37.2 Å². The lowest BCUT2D eigenvalue weighted by Gasteiger charge is -2.27. The molecule has 1 saturated heterocycles. The van der Waals surface area contributed by atoms with Crippen molar-refractivity contribution in [2.45, 2.75) is 32.2 Å². The zero-order valence-corrected chi connectivity index (χ0v) is 12.7. The predicted molar refractivity (Wildman–Crippen MR) is 77.9 cm³/mol. The average molecular weight is 326 g/mol. The van der Waals surface area contributed by atoms with Crippen molar-refractivity contribution in [3.8, 4) is 0 Å². The van der Waals surface area contributed by atoms with Crippen LogP contribution in [0.1, 0.15) is 30.5 Å². The molecular formula is C14H20BrN3O. The van der Waals surface area contributed by atoms with Crippen molar-refractivity contribution in [1.29, 1.82) is 0 Å². The lowest BCUT2D eigenvalue weighted by Crippen LogP contribution is -2.37. The molecule has 0 aromatic carbocycles. The van der Waals surface area contributed by atoms with Crippen LogP contribution in [0.25, 0.3) is 0 Å². The number of amides is 1. The summed E-state index contributed by atoms with van der Waals surface area (Å²) < 4.78 is 1.02. The molecular weight excluding hydrogens is 306 g/mol. The van der Waals surface area contributed by atoms with Crippen LogP contribution in [0.15, 0.2) is 10.7 Å². The number of carbonyl (C=O) groups is 1. The summed E-state index contributed by atoms with van der Waals surface area (Å²) >= 11 is 3.46. The summed E-state index contributed by atoms with van der Waals surface area (Å²) in [5.74, 6) is 0.301. The largest absolute Gasteiger partial charge is 0.353 e. The highest BCUT2D eigenvalue weighted by molar-refractivity contribution is 9.10. The Hall–Kier alpha value is -0.810. The number of fused-ring (bicyclic) bond motifs is 1. The molecule has 3 heterocycles. The number of hydrogen-bond acceptors (Lipinski definition) is 2. The minimum Gasteiger partial charge on any atom is -0.353 e. The summed E-state index contributed by atoms with van der Waals surface area (Å²) in [5, 5.41) is 0. The van der Waals surface area contributed by atoms with Gasteiger partial charge in [-0.2, -0.15) is 0 Å². The summed E-state index contributed by atoms with van der Waals surface area (Å²) in [6.07, 6.45) is 4.19. The van der Waals surface area contributed by atoms with E-state index in [4.69, 9.17) is 0 Å². The molecule has 1 aromatic heterocycles. The van der Waals surface area contributed by atoms with Gasteiger partial charge >= 0.3 is 0 Å². The van der Waals surface area contributed by atoms with Crippen LogP contribution in [-0.4, -0.2) is 46.9 Å². The minimum atomic E-state index is 0.301. The maximum Gasteiger partial charge on any atom is 0.224 e. The van der Waals surface area contributed by atoms with Crippen LogP contribution < -0.4 is 0 Å². The van der Waals surface area contributed by atoms with Gasteiger partial charge in [-0.05, 0) is 53.5 Å². The first kappa shape index (κ1) is 13.2. The molecule has 0 spiro atoms. The maximum atomic E-state index is 12.2. The van der Waals surface area contributed by atoms with Gasteiger partial charge in [0.2, 0.25) is 5.91 Å². The molecule has 0 bridgehead atoms. The molecule has 1 N–H and O–H groups in total. The van der Waals surface area contributed by atoms with E-state index in [0.717, 1.165) is 30.7 Å². The lowest BCUT2D eigenvalue weighted by atomic mass is 10.1. The Morgan fingerprint density at radius 3 is 2.89 bits per heavy atom. The van der Waals surface area contributed by atoms with E-state index in [2.05, 4.69) is 31.9 Å². The highest BCUT2D eigenvalue weighted by Gasteiger charge is 2.22. The minimum absolute atomic E-state index is 0.301. The number of aromatic amines is 1. The third-order valence-corrected chi connectivity index (χ3v) is 4.57. The monoisotopic (exact) mass is 325 g/mol. The van der Waals surface area contributed by atoms with E-state index in [0.29, 0.717) is 12.3 Å². The number of likely N-dealkylation sites (tertiary alicyclic amines) is 1. The van der Waals surface area contributed by atoms with Crippen molar-refractivity contribution >= 4 is 21.8 Å². The molecule has 1 fully saturated rings. The molecule has 104 valence electrons. The van der Waals surface area contributed by atoms with Gasteiger partial charge in [-0.15, -0.1) is 0 Å². The number of nitrogens with one attached hydrogen (secondary N) is 1. The first-order chi connectivity index (χ1) is 9.22. The second-order valence-electron chi connectivity index (χ2n) is 5.49. The summed E-state index contributed by atoms with van der Waals surface area (Å²) in [4.78, 5) is 20.0. The van der Waals surface area contributed by atoms with E-state index < -0.39 is 0 Å². The second kappa shape index (κ2) is 5.67. The van der Waals surface area contributed by atoms with Gasteiger partial charge in [0.05, 0.1) is 4.60 Å². The first-order valence-electron chi connectivity index (χ1n) is 7.09. The Kier molecular flexibility index (Phi) is 3.93. The Morgan fingerprint density at radius 1 is 1.32 bits per heavy atom. The lowest BCUT2D eigenvalue weighted by molar-refractivity contribution is -0.132. The van der Waals surface area contributed by atoms with E-state index in [9.17, 15) is 4.79 Å². The Morgan fingerprint density at radius 2 is 2.11 bits per heavy atom. The molecule has 19 heavy (non-hydrogen) atoms. The van der Waals surface area contributed by atoms with Crippen molar-refractivity contribution in [2.24, 2.45) is 0 Å². The molecule has 0 radical (unpaired) electrons. The second-order valence-corrected chi connectivity index (χ2v) is 6.34. The van der Waals surface area contributed by atoms with Gasteiger partial charge in [0, 0.05) is 38.2 Å². The quantitative estimate of drug-likeness (QED) is 0.924. The molecule has 1 amide bonds. The highest BCUT2D eigenvalue weighted by Crippen LogP contribution is 2.23. The van der Waals surface area contributed by atoms with Crippen molar-refractivity contribution in [2.75, 3.05) is 26.2 Å². The van der Waals surface area contributed by atoms with Crippen LogP contribution >= 0.6 is 15.9 Å². The van der Waals surface area contributed by atoms with Gasteiger partial charge in [0.15, 0.2) is 0 Å². The van der Waals surface area contributed by atoms with Crippen LogP contribution in [0.4, 0.5) is 0 Å². The smallest absolute Gasteiger partial charge is 0.224 e. The molecule has 0 atom stereocenters. The van der Waals surface area contributed by atoms with Crippen LogP contribution in [0.3, 0.4) is 0 Å². The fraction of sp³-hybridized carbons (Fsp3) is 0.643. The van der Waals surface area contributed by atoms with E-state index in [1.54, 1.807) is 0 Å². The number of carbonyl (C=O) groups excluding carboxylic acids is 1. The van der Waals surface area contributed by atoms with Gasteiger partial charge in [0.1, 0.15) is 0 Å². The van der Waals surface area contributed by atoms with E-state index >= 15 is 0 Å². The van der Waals surface area contributed by atoms with Crippen LogP contribution in [0, 0.1) is 0 Å². The molecule has 0 unspecified atom stereocenters.